The predicted octanol–water partition coefficient (Wildman–Crippen LogP) is -1.33. The van der Waals surface area contributed by atoms with Crippen molar-refractivity contribution in [1.82, 2.24) is 10.6 Å². The first-order chi connectivity index (χ1) is 4.70. The molecule has 10 heavy (non-hydrogen) atoms. The van der Waals surface area contributed by atoms with Gasteiger partial charge in [-0.15, -0.1) is 0 Å². The highest BCUT2D eigenvalue weighted by atomic mass is 16.1. The van der Waals surface area contributed by atoms with Crippen molar-refractivity contribution < 1.29 is 4.79 Å². The second kappa shape index (κ2) is 5.20. The van der Waals surface area contributed by atoms with Gasteiger partial charge in [0.1, 0.15) is 0 Å². The van der Waals surface area contributed by atoms with Crippen LogP contribution in [0.4, 0.5) is 0 Å². The fraction of sp³-hybridized carbons (Fsp3) is 0.833. The van der Waals surface area contributed by atoms with Gasteiger partial charge in [0.2, 0.25) is 5.91 Å². The molecule has 0 aliphatic heterocycles. The van der Waals surface area contributed by atoms with Gasteiger partial charge >= 0.3 is 0 Å². The monoisotopic (exact) mass is 145 g/mol. The molecule has 0 aromatic carbocycles. The third-order valence-electron chi connectivity index (χ3n) is 1.24. The Balaban J connectivity index is 3.26. The van der Waals surface area contributed by atoms with Crippen LogP contribution in [0.2, 0.25) is 0 Å². The standard InChI is InChI=1S/C6H15N3O/c1-5(3-7)9-4-6(10)8-2/h5,9H,3-4,7H2,1-2H3,(H,8,10). The van der Waals surface area contributed by atoms with Gasteiger partial charge < -0.3 is 16.4 Å². The molecule has 0 fully saturated rings. The van der Waals surface area contributed by atoms with E-state index < -0.39 is 0 Å². The van der Waals surface area contributed by atoms with Gasteiger partial charge in [0.05, 0.1) is 6.54 Å². The summed E-state index contributed by atoms with van der Waals surface area (Å²) in [7, 11) is 1.61. The van der Waals surface area contributed by atoms with Crippen LogP contribution in [0.25, 0.3) is 0 Å². The van der Waals surface area contributed by atoms with Crippen molar-refractivity contribution >= 4 is 5.91 Å². The van der Waals surface area contributed by atoms with E-state index in [1.807, 2.05) is 6.92 Å². The van der Waals surface area contributed by atoms with Crippen LogP contribution in [0.3, 0.4) is 0 Å². The minimum Gasteiger partial charge on any atom is -0.358 e. The lowest BCUT2D eigenvalue weighted by Gasteiger charge is -2.09. The molecule has 1 atom stereocenters. The van der Waals surface area contributed by atoms with E-state index >= 15 is 0 Å². The molecule has 0 radical (unpaired) electrons. The van der Waals surface area contributed by atoms with E-state index in [9.17, 15) is 4.79 Å². The summed E-state index contributed by atoms with van der Waals surface area (Å²) < 4.78 is 0. The summed E-state index contributed by atoms with van der Waals surface area (Å²) in [5.41, 5.74) is 5.31. The van der Waals surface area contributed by atoms with Crippen LogP contribution in [0.1, 0.15) is 6.92 Å². The molecule has 0 spiro atoms. The zero-order valence-electron chi connectivity index (χ0n) is 6.48. The predicted molar refractivity (Wildman–Crippen MR) is 40.6 cm³/mol. The number of nitrogens with one attached hydrogen (secondary N) is 2. The van der Waals surface area contributed by atoms with Gasteiger partial charge in [-0.05, 0) is 6.92 Å². The van der Waals surface area contributed by atoms with E-state index in [1.165, 1.54) is 0 Å². The Morgan fingerprint density at radius 3 is 2.70 bits per heavy atom. The number of rotatable bonds is 4. The highest BCUT2D eigenvalue weighted by Gasteiger charge is 2.00. The molecule has 0 bridgehead atoms. The fourth-order valence-corrected chi connectivity index (χ4v) is 0.439. The average Bonchev–Trinajstić information content (AvgIpc) is 1.99. The molecular weight excluding hydrogens is 130 g/mol. The van der Waals surface area contributed by atoms with Crippen molar-refractivity contribution in [2.75, 3.05) is 20.1 Å². The molecule has 1 unspecified atom stereocenters. The molecule has 0 saturated carbocycles. The number of hydrogen-bond acceptors (Lipinski definition) is 3. The Hall–Kier alpha value is -0.610. The number of likely N-dealkylation sites (N-methyl/N-ethyl adjacent to an activating group) is 1. The largest absolute Gasteiger partial charge is 0.358 e. The minimum atomic E-state index is -0.0136. The fourth-order valence-electron chi connectivity index (χ4n) is 0.439. The van der Waals surface area contributed by atoms with E-state index in [-0.39, 0.29) is 11.9 Å². The number of amides is 1. The summed E-state index contributed by atoms with van der Waals surface area (Å²) in [6.45, 7) is 2.83. The van der Waals surface area contributed by atoms with Gasteiger partial charge in [-0.2, -0.15) is 0 Å². The molecule has 60 valence electrons. The highest BCUT2D eigenvalue weighted by molar-refractivity contribution is 5.77. The quantitative estimate of drug-likeness (QED) is 0.459. The Morgan fingerprint density at radius 2 is 2.30 bits per heavy atom. The Bertz CT molecular complexity index is 105. The first kappa shape index (κ1) is 9.39. The Labute approximate surface area is 61.2 Å². The average molecular weight is 145 g/mol. The molecule has 0 saturated heterocycles. The summed E-state index contributed by atoms with van der Waals surface area (Å²) in [5, 5.41) is 5.45. The van der Waals surface area contributed by atoms with Gasteiger partial charge in [0, 0.05) is 19.6 Å². The molecule has 1 amide bonds. The highest BCUT2D eigenvalue weighted by Crippen LogP contribution is 1.73. The molecule has 0 aliphatic rings. The molecular formula is C6H15N3O. The third kappa shape index (κ3) is 4.29. The second-order valence-corrected chi connectivity index (χ2v) is 2.19. The molecule has 4 N–H and O–H groups in total. The lowest BCUT2D eigenvalue weighted by atomic mass is 10.3. The first-order valence-corrected chi connectivity index (χ1v) is 3.34. The molecule has 4 heteroatoms. The van der Waals surface area contributed by atoms with Crippen LogP contribution >= 0.6 is 0 Å². The number of carbonyl (C=O) groups excluding carboxylic acids is 1. The maximum atomic E-state index is 10.6. The Morgan fingerprint density at radius 1 is 1.70 bits per heavy atom. The SMILES string of the molecule is CNC(=O)CNC(C)CN. The summed E-state index contributed by atoms with van der Waals surface area (Å²) in [5.74, 6) is -0.0136. The minimum absolute atomic E-state index is 0.0136. The van der Waals surface area contributed by atoms with E-state index in [2.05, 4.69) is 10.6 Å². The van der Waals surface area contributed by atoms with Crippen LogP contribution in [-0.2, 0) is 4.79 Å². The van der Waals surface area contributed by atoms with Crippen molar-refractivity contribution in [3.8, 4) is 0 Å². The van der Waals surface area contributed by atoms with Crippen molar-refractivity contribution in [1.29, 1.82) is 0 Å². The summed E-state index contributed by atoms with van der Waals surface area (Å²) >= 11 is 0. The van der Waals surface area contributed by atoms with Crippen molar-refractivity contribution in [3.05, 3.63) is 0 Å². The Kier molecular flexibility index (Phi) is 4.88. The van der Waals surface area contributed by atoms with Gasteiger partial charge in [-0.3, -0.25) is 4.79 Å². The summed E-state index contributed by atoms with van der Waals surface area (Å²) in [6.07, 6.45) is 0. The second-order valence-electron chi connectivity index (χ2n) is 2.19. The van der Waals surface area contributed by atoms with Gasteiger partial charge in [0.15, 0.2) is 0 Å². The molecule has 0 rings (SSSR count). The van der Waals surface area contributed by atoms with E-state index in [4.69, 9.17) is 5.73 Å². The van der Waals surface area contributed by atoms with E-state index in [1.54, 1.807) is 7.05 Å². The van der Waals surface area contributed by atoms with Gasteiger partial charge in [-0.25, -0.2) is 0 Å². The summed E-state index contributed by atoms with van der Waals surface area (Å²) in [4.78, 5) is 10.6. The van der Waals surface area contributed by atoms with Gasteiger partial charge in [0.25, 0.3) is 0 Å². The van der Waals surface area contributed by atoms with Crippen LogP contribution in [-0.4, -0.2) is 32.1 Å². The molecule has 0 heterocycles. The smallest absolute Gasteiger partial charge is 0.233 e. The van der Waals surface area contributed by atoms with Crippen LogP contribution in [0, 0.1) is 0 Å². The molecule has 0 aliphatic carbocycles. The number of carbonyl (C=O) groups is 1. The lowest BCUT2D eigenvalue weighted by Crippen LogP contribution is -2.39. The lowest BCUT2D eigenvalue weighted by molar-refractivity contribution is -0.119. The van der Waals surface area contributed by atoms with Crippen LogP contribution in [0.5, 0.6) is 0 Å². The maximum absolute atomic E-state index is 10.6. The van der Waals surface area contributed by atoms with Gasteiger partial charge in [-0.1, -0.05) is 0 Å². The van der Waals surface area contributed by atoms with Crippen molar-refractivity contribution in [2.24, 2.45) is 5.73 Å². The summed E-state index contributed by atoms with van der Waals surface area (Å²) in [6, 6.07) is 0.206. The maximum Gasteiger partial charge on any atom is 0.233 e. The number of hydrogen-bond donors (Lipinski definition) is 3. The van der Waals surface area contributed by atoms with Crippen molar-refractivity contribution in [3.63, 3.8) is 0 Å². The van der Waals surface area contributed by atoms with Crippen LogP contribution < -0.4 is 16.4 Å². The van der Waals surface area contributed by atoms with Crippen LogP contribution in [0.15, 0.2) is 0 Å². The molecule has 0 aromatic rings. The normalized spacial score (nSPS) is 12.7. The zero-order valence-corrected chi connectivity index (χ0v) is 6.48. The number of nitrogens with two attached hydrogens (primary N) is 1. The zero-order chi connectivity index (χ0) is 7.98. The van der Waals surface area contributed by atoms with E-state index in [0.29, 0.717) is 13.1 Å². The molecule has 4 nitrogen and oxygen atoms in total. The third-order valence-corrected chi connectivity index (χ3v) is 1.24. The molecule has 0 aromatic heterocycles. The van der Waals surface area contributed by atoms with E-state index in [0.717, 1.165) is 0 Å². The first-order valence-electron chi connectivity index (χ1n) is 3.34. The topological polar surface area (TPSA) is 67.2 Å². The van der Waals surface area contributed by atoms with Crippen molar-refractivity contribution in [2.45, 2.75) is 13.0 Å².